The van der Waals surface area contributed by atoms with Gasteiger partial charge in [-0.05, 0) is 45.1 Å². The lowest BCUT2D eigenvalue weighted by molar-refractivity contribution is 0.0793. The van der Waals surface area contributed by atoms with Crippen molar-refractivity contribution in [3.63, 3.8) is 0 Å². The molecule has 0 aliphatic carbocycles. The summed E-state index contributed by atoms with van der Waals surface area (Å²) in [5.41, 5.74) is 1.24. The highest BCUT2D eigenvalue weighted by Gasteiger charge is 2.31. The largest absolute Gasteiger partial charge is 0.492 e. The number of aliphatic imine (C=N–C) groups is 1. The van der Waals surface area contributed by atoms with Crippen molar-refractivity contribution < 1.29 is 9.47 Å². The van der Waals surface area contributed by atoms with E-state index in [4.69, 9.17) is 14.5 Å². The van der Waals surface area contributed by atoms with Crippen molar-refractivity contribution in [2.45, 2.75) is 31.4 Å². The first-order valence-electron chi connectivity index (χ1n) is 9.40. The van der Waals surface area contributed by atoms with Crippen molar-refractivity contribution in [1.29, 1.82) is 0 Å². The standard InChI is InChI=1S/C20H33N3O2S.HI/c1-5-21-19(22-16-20(26-4)10-13-24-14-11-20)23(3)12-15-25-18-8-6-17(2)7-9-18;/h6-9H,5,10-16H2,1-4H3,(H,21,22);1H. The molecule has 0 aromatic heterocycles. The predicted octanol–water partition coefficient (Wildman–Crippen LogP) is 3.80. The Balaban J connectivity index is 0.00000364. The van der Waals surface area contributed by atoms with Gasteiger partial charge in [-0.15, -0.1) is 24.0 Å². The number of thioether (sulfide) groups is 1. The van der Waals surface area contributed by atoms with Crippen molar-refractivity contribution in [3.05, 3.63) is 29.8 Å². The Morgan fingerprint density at radius 1 is 1.30 bits per heavy atom. The van der Waals surface area contributed by atoms with E-state index in [0.29, 0.717) is 6.61 Å². The zero-order chi connectivity index (χ0) is 18.8. The van der Waals surface area contributed by atoms with Crippen LogP contribution in [0.3, 0.4) is 0 Å². The molecule has 5 nitrogen and oxygen atoms in total. The average Bonchev–Trinajstić information content (AvgIpc) is 2.67. The molecule has 1 aromatic rings. The van der Waals surface area contributed by atoms with Gasteiger partial charge in [-0.2, -0.15) is 11.8 Å². The maximum Gasteiger partial charge on any atom is 0.193 e. The fourth-order valence-electron chi connectivity index (χ4n) is 2.90. The molecule has 0 amide bonds. The fraction of sp³-hybridized carbons (Fsp3) is 0.650. The van der Waals surface area contributed by atoms with Crippen LogP contribution in [-0.2, 0) is 4.74 Å². The van der Waals surface area contributed by atoms with Crippen molar-refractivity contribution in [1.82, 2.24) is 10.2 Å². The number of benzene rings is 1. The summed E-state index contributed by atoms with van der Waals surface area (Å²) in [7, 11) is 2.07. The van der Waals surface area contributed by atoms with Crippen molar-refractivity contribution >= 4 is 41.7 Å². The van der Waals surface area contributed by atoms with E-state index in [1.54, 1.807) is 0 Å². The van der Waals surface area contributed by atoms with E-state index in [9.17, 15) is 0 Å². The summed E-state index contributed by atoms with van der Waals surface area (Å²) in [5.74, 6) is 1.86. The molecule has 0 radical (unpaired) electrons. The lowest BCUT2D eigenvalue weighted by atomic mass is 9.99. The zero-order valence-corrected chi connectivity index (χ0v) is 20.1. The van der Waals surface area contributed by atoms with Gasteiger partial charge >= 0.3 is 0 Å². The highest BCUT2D eigenvalue weighted by Crippen LogP contribution is 2.34. The molecule has 0 spiro atoms. The summed E-state index contributed by atoms with van der Waals surface area (Å²) in [6, 6.07) is 8.17. The number of ether oxygens (including phenoxy) is 2. The summed E-state index contributed by atoms with van der Waals surface area (Å²) in [6.45, 7) is 8.96. The Kier molecular flexibility index (Phi) is 11.5. The number of nitrogens with one attached hydrogen (secondary N) is 1. The number of hydrogen-bond donors (Lipinski definition) is 1. The van der Waals surface area contributed by atoms with E-state index < -0.39 is 0 Å². The van der Waals surface area contributed by atoms with Crippen LogP contribution in [0.2, 0.25) is 0 Å². The molecule has 0 atom stereocenters. The third-order valence-electron chi connectivity index (χ3n) is 4.77. The van der Waals surface area contributed by atoms with Gasteiger partial charge in [0.1, 0.15) is 12.4 Å². The molecule has 154 valence electrons. The molecule has 1 aliphatic rings. The Morgan fingerprint density at radius 3 is 2.56 bits per heavy atom. The predicted molar refractivity (Wildman–Crippen MR) is 127 cm³/mol. The van der Waals surface area contributed by atoms with Gasteiger partial charge in [-0.3, -0.25) is 4.99 Å². The van der Waals surface area contributed by atoms with Crippen LogP contribution in [0.5, 0.6) is 5.75 Å². The molecule has 1 aromatic carbocycles. The first-order valence-corrected chi connectivity index (χ1v) is 10.6. The molecule has 1 heterocycles. The van der Waals surface area contributed by atoms with E-state index in [1.807, 2.05) is 23.9 Å². The van der Waals surface area contributed by atoms with Crippen LogP contribution >= 0.6 is 35.7 Å². The van der Waals surface area contributed by atoms with Crippen LogP contribution in [-0.4, -0.2) is 68.4 Å². The Morgan fingerprint density at radius 2 is 1.96 bits per heavy atom. The number of rotatable bonds is 8. The summed E-state index contributed by atoms with van der Waals surface area (Å²) >= 11 is 1.92. The number of halogens is 1. The fourth-order valence-corrected chi connectivity index (χ4v) is 3.67. The van der Waals surface area contributed by atoms with Crippen LogP contribution in [0.25, 0.3) is 0 Å². The van der Waals surface area contributed by atoms with Gasteiger partial charge in [-0.1, -0.05) is 17.7 Å². The lowest BCUT2D eigenvalue weighted by Gasteiger charge is -2.34. The molecule has 1 fully saturated rings. The smallest absolute Gasteiger partial charge is 0.193 e. The van der Waals surface area contributed by atoms with E-state index in [-0.39, 0.29) is 28.7 Å². The van der Waals surface area contributed by atoms with Crippen LogP contribution in [0.1, 0.15) is 25.3 Å². The topological polar surface area (TPSA) is 46.1 Å². The first-order chi connectivity index (χ1) is 12.6. The van der Waals surface area contributed by atoms with Crippen molar-refractivity contribution in [3.8, 4) is 5.75 Å². The van der Waals surface area contributed by atoms with E-state index in [1.165, 1.54) is 5.56 Å². The minimum Gasteiger partial charge on any atom is -0.492 e. The summed E-state index contributed by atoms with van der Waals surface area (Å²) in [6.07, 6.45) is 4.32. The number of aryl methyl sites for hydroxylation is 1. The summed E-state index contributed by atoms with van der Waals surface area (Å²) in [4.78, 5) is 7.06. The van der Waals surface area contributed by atoms with Gasteiger partial charge in [0.2, 0.25) is 0 Å². The molecule has 1 saturated heterocycles. The molecular weight excluding hydrogens is 473 g/mol. The summed E-state index contributed by atoms with van der Waals surface area (Å²) in [5, 5.41) is 3.40. The van der Waals surface area contributed by atoms with Gasteiger partial charge in [0.05, 0.1) is 13.1 Å². The number of likely N-dealkylation sites (N-methyl/N-ethyl adjacent to an activating group) is 1. The minimum atomic E-state index is 0. The Bertz CT molecular complexity index is 563. The number of nitrogens with zero attached hydrogens (tertiary/aromatic N) is 2. The van der Waals surface area contributed by atoms with Crippen LogP contribution in [0, 0.1) is 6.92 Å². The maximum atomic E-state index is 5.85. The third kappa shape index (κ3) is 8.07. The highest BCUT2D eigenvalue weighted by molar-refractivity contribution is 14.0. The Labute approximate surface area is 185 Å². The highest BCUT2D eigenvalue weighted by atomic mass is 127. The van der Waals surface area contributed by atoms with E-state index in [0.717, 1.165) is 57.4 Å². The monoisotopic (exact) mass is 507 g/mol. The quantitative estimate of drug-likeness (QED) is 0.330. The van der Waals surface area contributed by atoms with Crippen molar-refractivity contribution in [2.24, 2.45) is 4.99 Å². The van der Waals surface area contributed by atoms with Gasteiger partial charge in [0.25, 0.3) is 0 Å². The first kappa shape index (κ1) is 24.4. The average molecular weight is 507 g/mol. The second-order valence-electron chi connectivity index (χ2n) is 6.75. The number of guanidine groups is 1. The molecular formula is C20H34IN3O2S. The lowest BCUT2D eigenvalue weighted by Crippen LogP contribution is -2.43. The van der Waals surface area contributed by atoms with Crippen molar-refractivity contribution in [2.75, 3.05) is 52.8 Å². The van der Waals surface area contributed by atoms with Gasteiger partial charge < -0.3 is 19.7 Å². The molecule has 0 unspecified atom stereocenters. The van der Waals surface area contributed by atoms with Crippen LogP contribution in [0.4, 0.5) is 0 Å². The van der Waals surface area contributed by atoms with E-state index >= 15 is 0 Å². The second kappa shape index (κ2) is 12.7. The molecule has 0 saturated carbocycles. The van der Waals surface area contributed by atoms with Gasteiger partial charge in [0, 0.05) is 31.6 Å². The normalized spacial score (nSPS) is 16.4. The van der Waals surface area contributed by atoms with E-state index in [2.05, 4.69) is 49.5 Å². The molecule has 2 rings (SSSR count). The third-order valence-corrected chi connectivity index (χ3v) is 6.17. The summed E-state index contributed by atoms with van der Waals surface area (Å²) < 4.78 is 11.6. The number of hydrogen-bond acceptors (Lipinski definition) is 4. The molecule has 7 heteroatoms. The minimum absolute atomic E-state index is 0. The molecule has 27 heavy (non-hydrogen) atoms. The molecule has 1 N–H and O–H groups in total. The van der Waals surface area contributed by atoms with Crippen LogP contribution < -0.4 is 10.1 Å². The molecule has 1 aliphatic heterocycles. The SMILES string of the molecule is CCNC(=NCC1(SC)CCOCC1)N(C)CCOc1ccc(C)cc1.I. The van der Waals surface area contributed by atoms with Gasteiger partial charge in [-0.25, -0.2) is 0 Å². The zero-order valence-electron chi connectivity index (χ0n) is 17.0. The van der Waals surface area contributed by atoms with Crippen LogP contribution in [0.15, 0.2) is 29.3 Å². The second-order valence-corrected chi connectivity index (χ2v) is 8.03. The maximum absolute atomic E-state index is 5.85. The molecule has 0 bridgehead atoms. The van der Waals surface area contributed by atoms with Gasteiger partial charge in [0.15, 0.2) is 5.96 Å². The Hall–Kier alpha value is -0.670.